The minimum absolute atomic E-state index is 0.173. The van der Waals surface area contributed by atoms with Gasteiger partial charge in [0.1, 0.15) is 11.4 Å². The number of nitrogens with zero attached hydrogens (tertiary/aromatic N) is 3. The average molecular weight is 430 g/mol. The van der Waals surface area contributed by atoms with Gasteiger partial charge in [-0.2, -0.15) is 0 Å². The van der Waals surface area contributed by atoms with Crippen LogP contribution < -0.4 is 4.74 Å². The lowest BCUT2D eigenvalue weighted by Gasteiger charge is -2.36. The molecular weight excluding hydrogens is 394 g/mol. The second kappa shape index (κ2) is 8.34. The van der Waals surface area contributed by atoms with E-state index in [-0.39, 0.29) is 17.4 Å². The van der Waals surface area contributed by atoms with Crippen molar-refractivity contribution in [3.63, 3.8) is 0 Å². The van der Waals surface area contributed by atoms with Gasteiger partial charge in [0.25, 0.3) is 0 Å². The van der Waals surface area contributed by atoms with Gasteiger partial charge in [0.2, 0.25) is 5.91 Å². The van der Waals surface area contributed by atoms with E-state index in [4.69, 9.17) is 9.47 Å². The van der Waals surface area contributed by atoms with Crippen molar-refractivity contribution in [1.82, 2.24) is 14.7 Å². The van der Waals surface area contributed by atoms with E-state index >= 15 is 0 Å². The van der Waals surface area contributed by atoms with Crippen molar-refractivity contribution >= 4 is 12.0 Å². The molecule has 0 bridgehead atoms. The quantitative estimate of drug-likeness (QED) is 0.720. The molecule has 2 saturated heterocycles. The first-order valence-electron chi connectivity index (χ1n) is 11.3. The molecule has 4 rings (SSSR count). The maximum Gasteiger partial charge on any atom is 0.410 e. The molecule has 0 spiro atoms. The minimum atomic E-state index is -0.454. The second-order valence-electron chi connectivity index (χ2n) is 10.3. The maximum absolute atomic E-state index is 12.7. The number of piperidine rings is 1. The molecule has 2 aliphatic heterocycles. The van der Waals surface area contributed by atoms with Crippen molar-refractivity contribution < 1.29 is 19.1 Å². The summed E-state index contributed by atoms with van der Waals surface area (Å²) in [4.78, 5) is 31.5. The number of rotatable bonds is 5. The highest BCUT2D eigenvalue weighted by Crippen LogP contribution is 2.58. The van der Waals surface area contributed by atoms with Crippen LogP contribution in [0.4, 0.5) is 4.79 Å². The number of carbonyl (C=O) groups excluding carboxylic acids is 2. The zero-order valence-electron chi connectivity index (χ0n) is 19.2. The molecule has 1 aromatic carbocycles. The molecule has 0 aromatic heterocycles. The smallest absolute Gasteiger partial charge is 0.410 e. The molecule has 170 valence electrons. The number of hydrogen-bond donors (Lipinski definition) is 0. The summed E-state index contributed by atoms with van der Waals surface area (Å²) in [6.45, 7) is 11.7. The molecule has 3 fully saturated rings. The summed E-state index contributed by atoms with van der Waals surface area (Å²) in [6.07, 6.45) is 1.42. The third-order valence-corrected chi connectivity index (χ3v) is 6.71. The molecule has 1 saturated carbocycles. The molecule has 2 heterocycles. The van der Waals surface area contributed by atoms with Gasteiger partial charge < -0.3 is 19.3 Å². The predicted octanol–water partition coefficient (Wildman–Crippen LogP) is 2.64. The largest absolute Gasteiger partial charge is 0.497 e. The lowest BCUT2D eigenvalue weighted by Crippen LogP contribution is -2.51. The van der Waals surface area contributed by atoms with E-state index in [9.17, 15) is 9.59 Å². The van der Waals surface area contributed by atoms with Crippen LogP contribution in [0.3, 0.4) is 0 Å². The van der Waals surface area contributed by atoms with Crippen molar-refractivity contribution in [2.75, 3.05) is 52.9 Å². The van der Waals surface area contributed by atoms with Gasteiger partial charge in [-0.15, -0.1) is 0 Å². The highest BCUT2D eigenvalue weighted by Gasteiger charge is 2.61. The van der Waals surface area contributed by atoms with Crippen molar-refractivity contribution in [3.05, 3.63) is 29.8 Å². The standard InChI is InChI=1S/C24H35N3O4/c1-23(2,3)31-22(29)27-15-19-14-24(19,17-27)16-25-8-10-26(11-9-25)21(28)13-18-6-5-7-20(12-18)30-4/h5-7,12,19H,8-11,13-17H2,1-4H3. The number of piperazine rings is 1. The van der Waals surface area contributed by atoms with Crippen LogP contribution in [0.1, 0.15) is 32.8 Å². The fraction of sp³-hybridized carbons (Fsp3) is 0.667. The van der Waals surface area contributed by atoms with Gasteiger partial charge >= 0.3 is 6.09 Å². The summed E-state index contributed by atoms with van der Waals surface area (Å²) in [5.74, 6) is 1.55. The van der Waals surface area contributed by atoms with E-state index in [1.807, 2.05) is 54.8 Å². The van der Waals surface area contributed by atoms with Gasteiger partial charge in [-0.1, -0.05) is 12.1 Å². The molecule has 2 atom stereocenters. The number of hydrogen-bond acceptors (Lipinski definition) is 5. The molecule has 0 radical (unpaired) electrons. The second-order valence-corrected chi connectivity index (χ2v) is 10.3. The fourth-order valence-electron chi connectivity index (χ4n) is 4.97. The van der Waals surface area contributed by atoms with Crippen molar-refractivity contribution in [3.8, 4) is 5.75 Å². The maximum atomic E-state index is 12.7. The summed E-state index contributed by atoms with van der Waals surface area (Å²) < 4.78 is 10.8. The minimum Gasteiger partial charge on any atom is -0.497 e. The SMILES string of the molecule is COc1cccc(CC(=O)N2CCN(CC34CC3CN(C(=O)OC(C)(C)C)C4)CC2)c1. The Kier molecular flexibility index (Phi) is 5.90. The van der Waals surface area contributed by atoms with Crippen LogP contribution in [0.2, 0.25) is 0 Å². The zero-order valence-corrected chi connectivity index (χ0v) is 19.2. The average Bonchev–Trinajstić information content (AvgIpc) is 3.25. The van der Waals surface area contributed by atoms with Crippen LogP contribution in [-0.4, -0.2) is 85.2 Å². The first-order valence-corrected chi connectivity index (χ1v) is 11.3. The monoisotopic (exact) mass is 429 g/mol. The van der Waals surface area contributed by atoms with Crippen molar-refractivity contribution in [2.24, 2.45) is 11.3 Å². The Bertz CT molecular complexity index is 828. The highest BCUT2D eigenvalue weighted by molar-refractivity contribution is 5.79. The van der Waals surface area contributed by atoms with Gasteiger partial charge in [0.15, 0.2) is 0 Å². The molecule has 1 aliphatic carbocycles. The Morgan fingerprint density at radius 3 is 2.55 bits per heavy atom. The lowest BCUT2D eigenvalue weighted by atomic mass is 10.0. The van der Waals surface area contributed by atoms with Gasteiger partial charge in [-0.25, -0.2) is 4.79 Å². The number of amides is 2. The van der Waals surface area contributed by atoms with E-state index in [2.05, 4.69) is 4.90 Å². The summed E-state index contributed by atoms with van der Waals surface area (Å²) in [6, 6.07) is 7.72. The van der Waals surface area contributed by atoms with Crippen molar-refractivity contribution in [2.45, 2.75) is 39.2 Å². The summed E-state index contributed by atoms with van der Waals surface area (Å²) >= 11 is 0. The molecule has 7 nitrogen and oxygen atoms in total. The number of benzene rings is 1. The molecule has 0 N–H and O–H groups in total. The Morgan fingerprint density at radius 2 is 1.87 bits per heavy atom. The number of ether oxygens (including phenoxy) is 2. The zero-order chi connectivity index (χ0) is 22.2. The van der Waals surface area contributed by atoms with Crippen molar-refractivity contribution in [1.29, 1.82) is 0 Å². The summed E-state index contributed by atoms with van der Waals surface area (Å²) in [5.41, 5.74) is 0.758. The van der Waals surface area contributed by atoms with Gasteiger partial charge in [0, 0.05) is 51.2 Å². The van der Waals surface area contributed by atoms with E-state index in [1.54, 1.807) is 7.11 Å². The van der Waals surface area contributed by atoms with Crippen LogP contribution in [0.5, 0.6) is 5.75 Å². The third-order valence-electron chi connectivity index (χ3n) is 6.71. The lowest BCUT2D eigenvalue weighted by molar-refractivity contribution is -0.132. The Hall–Kier alpha value is -2.28. The number of fused-ring (bicyclic) bond motifs is 1. The predicted molar refractivity (Wildman–Crippen MR) is 118 cm³/mol. The van der Waals surface area contributed by atoms with E-state index in [1.165, 1.54) is 6.42 Å². The number of carbonyl (C=O) groups is 2. The van der Waals surface area contributed by atoms with Crippen LogP contribution in [0.15, 0.2) is 24.3 Å². The van der Waals surface area contributed by atoms with Crippen LogP contribution in [0, 0.1) is 11.3 Å². The highest BCUT2D eigenvalue weighted by atomic mass is 16.6. The first-order chi connectivity index (χ1) is 14.7. The Balaban J connectivity index is 1.23. The Morgan fingerprint density at radius 1 is 1.13 bits per heavy atom. The third kappa shape index (κ3) is 5.14. The molecular formula is C24H35N3O4. The summed E-state index contributed by atoms with van der Waals surface area (Å²) in [5, 5.41) is 0. The fourth-order valence-corrected chi connectivity index (χ4v) is 4.97. The molecule has 2 unspecified atom stereocenters. The Labute approximate surface area is 185 Å². The topological polar surface area (TPSA) is 62.3 Å². The van der Waals surface area contributed by atoms with Gasteiger partial charge in [0.05, 0.1) is 13.5 Å². The van der Waals surface area contributed by atoms with Gasteiger partial charge in [-0.05, 0) is 50.8 Å². The molecule has 2 amide bonds. The van der Waals surface area contributed by atoms with E-state index in [0.717, 1.165) is 57.1 Å². The summed E-state index contributed by atoms with van der Waals surface area (Å²) in [7, 11) is 1.64. The van der Waals surface area contributed by atoms with Crippen LogP contribution in [-0.2, 0) is 16.0 Å². The number of likely N-dealkylation sites (tertiary alicyclic amines) is 1. The van der Waals surface area contributed by atoms with Crippen LogP contribution in [0.25, 0.3) is 0 Å². The van der Waals surface area contributed by atoms with Crippen LogP contribution >= 0.6 is 0 Å². The molecule has 7 heteroatoms. The first kappa shape index (κ1) is 21.9. The number of methoxy groups -OCH3 is 1. The van der Waals surface area contributed by atoms with E-state index in [0.29, 0.717) is 12.3 Å². The van der Waals surface area contributed by atoms with Gasteiger partial charge in [-0.3, -0.25) is 9.69 Å². The molecule has 31 heavy (non-hydrogen) atoms. The molecule has 3 aliphatic rings. The molecule has 1 aromatic rings. The normalized spacial score (nSPS) is 25.9. The van der Waals surface area contributed by atoms with E-state index < -0.39 is 5.60 Å².